The topological polar surface area (TPSA) is 32.3 Å². The average Bonchev–Trinajstić information content (AvgIpc) is 3.17. The summed E-state index contributed by atoms with van der Waals surface area (Å²) < 4.78 is 0. The molecule has 4 heteroatoms. The summed E-state index contributed by atoms with van der Waals surface area (Å²) in [6, 6.07) is 63.6. The Balaban J connectivity index is 1.14. The van der Waals surface area contributed by atoms with Crippen LogP contribution in [0.5, 0.6) is 0 Å². The van der Waals surface area contributed by atoms with Gasteiger partial charge in [-0.15, -0.1) is 0 Å². The Kier molecular flexibility index (Phi) is 7.87. The normalized spacial score (nSPS) is 10.9. The van der Waals surface area contributed by atoms with Crippen molar-refractivity contribution in [1.29, 1.82) is 0 Å². The summed E-state index contributed by atoms with van der Waals surface area (Å²) in [5, 5.41) is 0. The van der Waals surface area contributed by atoms with Crippen molar-refractivity contribution in [3.63, 3.8) is 0 Å². The van der Waals surface area contributed by atoms with E-state index in [4.69, 9.17) is 9.97 Å². The molecule has 8 aromatic rings. The molecule has 0 aliphatic carbocycles. The summed E-state index contributed by atoms with van der Waals surface area (Å²) >= 11 is 0. The van der Waals surface area contributed by atoms with Crippen LogP contribution in [-0.2, 0) is 0 Å². The fraction of sp³-hybridized carbons (Fsp3) is 0. The van der Waals surface area contributed by atoms with E-state index in [9.17, 15) is 0 Å². The van der Waals surface area contributed by atoms with Crippen LogP contribution in [0.15, 0.2) is 194 Å². The average molecular weight is 617 g/mol. The largest absolute Gasteiger partial charge is 0.311 e. The summed E-state index contributed by atoms with van der Waals surface area (Å²) in [6.07, 6.45) is 3.55. The highest BCUT2D eigenvalue weighted by Gasteiger charge is 2.16. The smallest absolute Gasteiger partial charge is 0.0971 e. The van der Waals surface area contributed by atoms with E-state index in [2.05, 4.69) is 168 Å². The van der Waals surface area contributed by atoms with Gasteiger partial charge in [0.15, 0.2) is 0 Å². The molecule has 0 radical (unpaired) electrons. The van der Waals surface area contributed by atoms with E-state index < -0.39 is 0 Å². The number of rotatable bonds is 8. The number of fused-ring (bicyclic) bond motifs is 1. The highest BCUT2D eigenvalue weighted by Crippen LogP contribution is 2.39. The molecule has 0 saturated heterocycles. The molecule has 0 bridgehead atoms. The molecule has 8 rings (SSSR count). The van der Waals surface area contributed by atoms with Gasteiger partial charge in [0.05, 0.1) is 11.0 Å². The van der Waals surface area contributed by atoms with Gasteiger partial charge in [-0.1, -0.05) is 109 Å². The predicted molar refractivity (Wildman–Crippen MR) is 200 cm³/mol. The first-order chi connectivity index (χ1) is 23.8. The van der Waals surface area contributed by atoms with Crippen LogP contribution in [0.3, 0.4) is 0 Å². The van der Waals surface area contributed by atoms with Crippen LogP contribution in [0.25, 0.3) is 33.3 Å². The van der Waals surface area contributed by atoms with Crippen molar-refractivity contribution >= 4 is 45.2 Å². The zero-order chi connectivity index (χ0) is 32.1. The lowest BCUT2D eigenvalue weighted by atomic mass is 9.97. The molecule has 4 nitrogen and oxygen atoms in total. The van der Waals surface area contributed by atoms with Crippen molar-refractivity contribution in [2.45, 2.75) is 0 Å². The molecule has 0 aliphatic heterocycles. The molecule has 48 heavy (non-hydrogen) atoms. The Morgan fingerprint density at radius 2 is 0.542 bits per heavy atom. The molecule has 1 heterocycles. The first-order valence-corrected chi connectivity index (χ1v) is 16.1. The second kappa shape index (κ2) is 13.1. The summed E-state index contributed by atoms with van der Waals surface area (Å²) in [5.74, 6) is 0. The van der Waals surface area contributed by atoms with Crippen molar-refractivity contribution in [2.75, 3.05) is 9.80 Å². The van der Waals surface area contributed by atoms with Gasteiger partial charge in [-0.05, 0) is 83.9 Å². The van der Waals surface area contributed by atoms with Crippen LogP contribution in [0, 0.1) is 0 Å². The van der Waals surface area contributed by atoms with Crippen LogP contribution >= 0.6 is 0 Å². The van der Waals surface area contributed by atoms with Gasteiger partial charge < -0.3 is 9.80 Å². The lowest BCUT2D eigenvalue weighted by Crippen LogP contribution is -2.09. The summed E-state index contributed by atoms with van der Waals surface area (Å²) in [7, 11) is 0. The van der Waals surface area contributed by atoms with Crippen LogP contribution < -0.4 is 9.80 Å². The Labute approximate surface area is 280 Å². The molecule has 0 unspecified atom stereocenters. The maximum absolute atomic E-state index is 4.84. The predicted octanol–water partition coefficient (Wildman–Crippen LogP) is 11.9. The molecular weight excluding hydrogens is 585 g/mol. The third-order valence-corrected chi connectivity index (χ3v) is 8.56. The van der Waals surface area contributed by atoms with E-state index in [0.717, 1.165) is 67.4 Å². The van der Waals surface area contributed by atoms with Crippen LogP contribution in [0.4, 0.5) is 34.1 Å². The number of aromatic nitrogens is 2. The monoisotopic (exact) mass is 616 g/mol. The summed E-state index contributed by atoms with van der Waals surface area (Å²) in [6.45, 7) is 0. The van der Waals surface area contributed by atoms with Gasteiger partial charge in [-0.25, -0.2) is 0 Å². The van der Waals surface area contributed by atoms with E-state index in [1.807, 2.05) is 24.3 Å². The van der Waals surface area contributed by atoms with E-state index in [1.165, 1.54) is 0 Å². The molecule has 0 fully saturated rings. The minimum atomic E-state index is 0.880. The lowest BCUT2D eigenvalue weighted by Gasteiger charge is -2.25. The molecule has 0 aliphatic rings. The fourth-order valence-corrected chi connectivity index (χ4v) is 6.31. The van der Waals surface area contributed by atoms with Gasteiger partial charge in [-0.2, -0.15) is 0 Å². The second-order valence-electron chi connectivity index (χ2n) is 11.5. The van der Waals surface area contributed by atoms with Crippen molar-refractivity contribution in [3.8, 4) is 22.3 Å². The summed E-state index contributed by atoms with van der Waals surface area (Å²) in [4.78, 5) is 14.2. The van der Waals surface area contributed by atoms with Crippen molar-refractivity contribution in [3.05, 3.63) is 194 Å². The van der Waals surface area contributed by atoms with E-state index >= 15 is 0 Å². The fourth-order valence-electron chi connectivity index (χ4n) is 6.31. The second-order valence-corrected chi connectivity index (χ2v) is 11.5. The molecule has 0 amide bonds. The third kappa shape index (κ3) is 5.68. The number of anilines is 6. The Morgan fingerprint density at radius 3 is 0.833 bits per heavy atom. The Bertz CT molecular complexity index is 2010. The van der Waals surface area contributed by atoms with Crippen molar-refractivity contribution in [1.82, 2.24) is 9.97 Å². The first kappa shape index (κ1) is 28.9. The maximum atomic E-state index is 4.84. The van der Waals surface area contributed by atoms with Gasteiger partial charge in [-0.3, -0.25) is 9.97 Å². The zero-order valence-corrected chi connectivity index (χ0v) is 26.3. The van der Waals surface area contributed by atoms with Crippen molar-refractivity contribution < 1.29 is 0 Å². The van der Waals surface area contributed by atoms with E-state index in [1.54, 1.807) is 12.4 Å². The Hall–Kier alpha value is -6.52. The number of hydrogen-bond donors (Lipinski definition) is 0. The highest BCUT2D eigenvalue weighted by molar-refractivity contribution is 6.00. The standard InChI is InChI=1S/C44H32N4/c1-5-13-35(14-6-1)47(36-15-7-2-8-16-36)39-25-21-33(22-26-39)41-29-30-42(44-43(41)45-31-32-46-44)34-23-27-40(28-24-34)48(37-17-9-3-10-18-37)38-19-11-4-12-20-38/h1-32H. The quantitative estimate of drug-likeness (QED) is 0.170. The van der Waals surface area contributed by atoms with Gasteiger partial charge in [0.2, 0.25) is 0 Å². The maximum Gasteiger partial charge on any atom is 0.0971 e. The van der Waals surface area contributed by atoms with Gasteiger partial charge in [0.25, 0.3) is 0 Å². The number of hydrogen-bond acceptors (Lipinski definition) is 4. The van der Waals surface area contributed by atoms with Crippen LogP contribution in [-0.4, -0.2) is 9.97 Å². The third-order valence-electron chi connectivity index (χ3n) is 8.56. The van der Waals surface area contributed by atoms with Crippen LogP contribution in [0.1, 0.15) is 0 Å². The molecule has 0 atom stereocenters. The van der Waals surface area contributed by atoms with Crippen molar-refractivity contribution in [2.24, 2.45) is 0 Å². The molecule has 7 aromatic carbocycles. The highest BCUT2D eigenvalue weighted by atomic mass is 15.1. The molecular formula is C44H32N4. The molecule has 1 aromatic heterocycles. The Morgan fingerprint density at radius 1 is 0.271 bits per heavy atom. The van der Waals surface area contributed by atoms with E-state index in [-0.39, 0.29) is 0 Å². The van der Waals surface area contributed by atoms with Gasteiger partial charge in [0, 0.05) is 57.6 Å². The first-order valence-electron chi connectivity index (χ1n) is 16.1. The number of benzene rings is 7. The number of nitrogens with zero attached hydrogens (tertiary/aromatic N) is 4. The van der Waals surface area contributed by atoms with Gasteiger partial charge >= 0.3 is 0 Å². The molecule has 0 N–H and O–H groups in total. The lowest BCUT2D eigenvalue weighted by molar-refractivity contribution is 1.28. The van der Waals surface area contributed by atoms with Crippen LogP contribution in [0.2, 0.25) is 0 Å². The van der Waals surface area contributed by atoms with E-state index in [0.29, 0.717) is 0 Å². The SMILES string of the molecule is c1ccc(N(c2ccccc2)c2ccc(-c3ccc(-c4ccc(N(c5ccccc5)c5ccccc5)cc4)c4nccnc34)cc2)cc1. The zero-order valence-electron chi connectivity index (χ0n) is 26.3. The molecule has 0 saturated carbocycles. The molecule has 0 spiro atoms. The van der Waals surface area contributed by atoms with Gasteiger partial charge in [0.1, 0.15) is 0 Å². The molecule has 228 valence electrons. The number of para-hydroxylation sites is 4. The summed E-state index contributed by atoms with van der Waals surface area (Å²) in [5.41, 5.74) is 12.7. The minimum Gasteiger partial charge on any atom is -0.311 e. The minimum absolute atomic E-state index is 0.880.